The Morgan fingerprint density at radius 2 is 1.08 bits per heavy atom. The van der Waals surface area contributed by atoms with Crippen molar-refractivity contribution in [3.05, 3.63) is 0 Å². The highest BCUT2D eigenvalue weighted by Crippen LogP contribution is 2.25. The topological polar surface area (TPSA) is 0 Å². The van der Waals surface area contributed by atoms with Crippen molar-refractivity contribution in [2.45, 2.75) is 137 Å². The summed E-state index contributed by atoms with van der Waals surface area (Å²) in [6.07, 6.45) is 23.3. The average Bonchev–Trinajstić information content (AvgIpc) is 2.55. The van der Waals surface area contributed by atoms with E-state index in [-0.39, 0.29) is 0 Å². The molecule has 0 fully saturated rings. The lowest BCUT2D eigenvalue weighted by atomic mass is 9.86. The molecule has 24 heavy (non-hydrogen) atoms. The molecule has 0 heteroatoms. The molecule has 0 bridgehead atoms. The van der Waals surface area contributed by atoms with Gasteiger partial charge in [0.15, 0.2) is 0 Å². The second kappa shape index (κ2) is 17.8. The molecule has 2 unspecified atom stereocenters. The van der Waals surface area contributed by atoms with E-state index < -0.39 is 0 Å². The van der Waals surface area contributed by atoms with Crippen LogP contribution in [0.2, 0.25) is 0 Å². The van der Waals surface area contributed by atoms with Gasteiger partial charge >= 0.3 is 0 Å². The molecule has 0 radical (unpaired) electrons. The third-order valence-electron chi connectivity index (χ3n) is 5.76. The maximum atomic E-state index is 2.50. The summed E-state index contributed by atoms with van der Waals surface area (Å²) in [5, 5.41) is 0. The zero-order valence-electron chi connectivity index (χ0n) is 18.0. The van der Waals surface area contributed by atoms with Crippen molar-refractivity contribution < 1.29 is 0 Å². The quantitative estimate of drug-likeness (QED) is 0.218. The van der Waals surface area contributed by atoms with Crippen molar-refractivity contribution in [1.29, 1.82) is 0 Å². The molecule has 0 N–H and O–H groups in total. The molecule has 0 saturated heterocycles. The molecule has 0 spiro atoms. The summed E-state index contributed by atoms with van der Waals surface area (Å²) in [6, 6.07) is 0. The molecule has 0 aromatic heterocycles. The molecular weight excluding hydrogens is 288 g/mol. The van der Waals surface area contributed by atoms with Crippen LogP contribution in [0.15, 0.2) is 0 Å². The normalized spacial score (nSPS) is 14.2. The van der Waals surface area contributed by atoms with Gasteiger partial charge in [0.25, 0.3) is 0 Å². The molecule has 0 aliphatic rings. The fourth-order valence-electron chi connectivity index (χ4n) is 3.97. The summed E-state index contributed by atoms with van der Waals surface area (Å²) in [5.41, 5.74) is 0. The summed E-state index contributed by atoms with van der Waals surface area (Å²) in [6.45, 7) is 11.9. The lowest BCUT2D eigenvalue weighted by Crippen LogP contribution is -2.06. The van der Waals surface area contributed by atoms with E-state index in [4.69, 9.17) is 0 Å². The second-order valence-corrected chi connectivity index (χ2v) is 8.91. The maximum Gasteiger partial charge on any atom is -0.0414 e. The van der Waals surface area contributed by atoms with Crippen molar-refractivity contribution >= 4 is 0 Å². The van der Waals surface area contributed by atoms with Crippen LogP contribution in [0, 0.1) is 17.8 Å². The minimum Gasteiger partial charge on any atom is -0.0654 e. The predicted molar refractivity (Wildman–Crippen MR) is 113 cm³/mol. The SMILES string of the molecule is CCCCCCCCCCCCC(C)CC(CC)CCCC(C)C. The Morgan fingerprint density at radius 1 is 0.542 bits per heavy atom. The van der Waals surface area contributed by atoms with E-state index in [9.17, 15) is 0 Å². The van der Waals surface area contributed by atoms with Crippen molar-refractivity contribution in [3.8, 4) is 0 Å². The third-order valence-corrected chi connectivity index (χ3v) is 5.76. The van der Waals surface area contributed by atoms with Gasteiger partial charge in [-0.3, -0.25) is 0 Å². The maximum absolute atomic E-state index is 2.50. The molecule has 0 rings (SSSR count). The highest BCUT2D eigenvalue weighted by molar-refractivity contribution is 4.64. The summed E-state index contributed by atoms with van der Waals surface area (Å²) in [5.74, 6) is 2.82. The van der Waals surface area contributed by atoms with Crippen LogP contribution in [0.3, 0.4) is 0 Å². The standard InChI is InChI=1S/C24H50/c1-6-8-9-10-11-12-13-14-15-16-19-23(5)21-24(7-2)20-17-18-22(3)4/h22-24H,6-21H2,1-5H3. The molecule has 0 aromatic carbocycles. The van der Waals surface area contributed by atoms with E-state index in [0.717, 1.165) is 17.8 Å². The minimum atomic E-state index is 0.881. The zero-order chi connectivity index (χ0) is 18.0. The van der Waals surface area contributed by atoms with Gasteiger partial charge in [0.05, 0.1) is 0 Å². The van der Waals surface area contributed by atoms with Gasteiger partial charge in [-0.05, 0) is 24.2 Å². The smallest absolute Gasteiger partial charge is 0.0414 e. The van der Waals surface area contributed by atoms with Crippen LogP contribution >= 0.6 is 0 Å². The Kier molecular flexibility index (Phi) is 17.8. The average molecular weight is 339 g/mol. The molecule has 2 atom stereocenters. The van der Waals surface area contributed by atoms with Crippen LogP contribution in [0.25, 0.3) is 0 Å². The Morgan fingerprint density at radius 3 is 1.58 bits per heavy atom. The summed E-state index contributed by atoms with van der Waals surface area (Å²) >= 11 is 0. The Balaban J connectivity index is 3.45. The van der Waals surface area contributed by atoms with E-state index in [1.807, 2.05) is 0 Å². The highest BCUT2D eigenvalue weighted by atomic mass is 14.2. The summed E-state index contributed by atoms with van der Waals surface area (Å²) < 4.78 is 0. The van der Waals surface area contributed by atoms with Gasteiger partial charge in [0.1, 0.15) is 0 Å². The van der Waals surface area contributed by atoms with Crippen LogP contribution in [-0.4, -0.2) is 0 Å². The lowest BCUT2D eigenvalue weighted by Gasteiger charge is -2.20. The molecule has 0 aromatic rings. The monoisotopic (exact) mass is 338 g/mol. The predicted octanol–water partition coefficient (Wildman–Crippen LogP) is 9.18. The molecule has 0 aliphatic heterocycles. The van der Waals surface area contributed by atoms with E-state index in [2.05, 4.69) is 34.6 Å². The highest BCUT2D eigenvalue weighted by Gasteiger charge is 2.11. The van der Waals surface area contributed by atoms with Gasteiger partial charge in [0, 0.05) is 0 Å². The number of rotatable bonds is 18. The van der Waals surface area contributed by atoms with Crippen LogP contribution in [0.5, 0.6) is 0 Å². The van der Waals surface area contributed by atoms with Crippen LogP contribution < -0.4 is 0 Å². The molecule has 0 heterocycles. The van der Waals surface area contributed by atoms with E-state index in [0.29, 0.717) is 0 Å². The second-order valence-electron chi connectivity index (χ2n) is 8.91. The summed E-state index contributed by atoms with van der Waals surface area (Å²) in [7, 11) is 0. The van der Waals surface area contributed by atoms with Gasteiger partial charge in [-0.1, -0.05) is 131 Å². The van der Waals surface area contributed by atoms with Crippen LogP contribution in [0.1, 0.15) is 137 Å². The third kappa shape index (κ3) is 16.8. The fraction of sp³-hybridized carbons (Fsp3) is 1.00. The Labute approximate surface area is 155 Å². The van der Waals surface area contributed by atoms with E-state index >= 15 is 0 Å². The Hall–Kier alpha value is 0. The molecule has 0 amide bonds. The molecular formula is C24H50. The van der Waals surface area contributed by atoms with Crippen molar-refractivity contribution in [3.63, 3.8) is 0 Å². The fourth-order valence-corrected chi connectivity index (χ4v) is 3.97. The van der Waals surface area contributed by atoms with Crippen molar-refractivity contribution in [2.24, 2.45) is 17.8 Å². The molecule has 0 saturated carbocycles. The van der Waals surface area contributed by atoms with Gasteiger partial charge in [0.2, 0.25) is 0 Å². The first-order valence-corrected chi connectivity index (χ1v) is 11.6. The molecule has 0 aliphatic carbocycles. The van der Waals surface area contributed by atoms with Crippen LogP contribution in [-0.2, 0) is 0 Å². The lowest BCUT2D eigenvalue weighted by molar-refractivity contribution is 0.325. The molecule has 0 nitrogen and oxygen atoms in total. The first-order chi connectivity index (χ1) is 11.6. The van der Waals surface area contributed by atoms with Gasteiger partial charge < -0.3 is 0 Å². The van der Waals surface area contributed by atoms with E-state index in [1.54, 1.807) is 0 Å². The number of hydrogen-bond acceptors (Lipinski definition) is 0. The zero-order valence-corrected chi connectivity index (χ0v) is 18.0. The Bertz CT molecular complexity index is 230. The van der Waals surface area contributed by atoms with Crippen LogP contribution in [0.4, 0.5) is 0 Å². The first kappa shape index (κ1) is 24.0. The number of unbranched alkanes of at least 4 members (excludes halogenated alkanes) is 9. The number of hydrogen-bond donors (Lipinski definition) is 0. The van der Waals surface area contributed by atoms with Crippen molar-refractivity contribution in [2.75, 3.05) is 0 Å². The van der Waals surface area contributed by atoms with Gasteiger partial charge in [-0.25, -0.2) is 0 Å². The largest absolute Gasteiger partial charge is 0.0654 e. The minimum absolute atomic E-state index is 0.881. The van der Waals surface area contributed by atoms with Crippen molar-refractivity contribution in [1.82, 2.24) is 0 Å². The van der Waals surface area contributed by atoms with Gasteiger partial charge in [-0.2, -0.15) is 0 Å². The molecule has 146 valence electrons. The first-order valence-electron chi connectivity index (χ1n) is 11.6. The van der Waals surface area contributed by atoms with E-state index in [1.165, 1.54) is 103 Å². The van der Waals surface area contributed by atoms with Gasteiger partial charge in [-0.15, -0.1) is 0 Å². The summed E-state index contributed by atoms with van der Waals surface area (Å²) in [4.78, 5) is 0.